The molecule has 3 rings (SSSR count). The number of rotatable bonds is 4. The molecule has 3 nitrogen and oxygen atoms in total. The average Bonchev–Trinajstić information content (AvgIpc) is 2.59. The lowest BCUT2D eigenvalue weighted by Crippen LogP contribution is -2.13. The zero-order valence-corrected chi connectivity index (χ0v) is 13.8. The third kappa shape index (κ3) is 3.82. The fourth-order valence-electron chi connectivity index (χ4n) is 2.50. The number of hydrogen-bond donors (Lipinski definition) is 2. The zero-order valence-electron chi connectivity index (χ0n) is 13.8. The normalized spacial score (nSPS) is 10.2. The number of hydrogen-bond acceptors (Lipinski definition) is 2. The fraction of sp³-hybridized carbons (Fsp3) is 0.0952. The molecule has 3 aromatic carbocycles. The predicted octanol–water partition coefficient (Wildman–Crippen LogP) is 5.30. The zero-order chi connectivity index (χ0) is 16.9. The van der Waals surface area contributed by atoms with Crippen LogP contribution in [0.5, 0.6) is 0 Å². The maximum absolute atomic E-state index is 12.4. The summed E-state index contributed by atoms with van der Waals surface area (Å²) in [5.41, 5.74) is 5.55. The molecule has 0 bridgehead atoms. The standard InChI is InChI=1S/C21H20N2O/c1-15-8-9-16(2)20(14-15)21(24)23-19-12-10-18(11-13-19)22-17-6-4-3-5-7-17/h3-14,22H,1-2H3,(H,23,24). The number of aryl methyl sites for hydroxylation is 2. The number of carbonyl (C=O) groups excluding carboxylic acids is 1. The van der Waals surface area contributed by atoms with Crippen molar-refractivity contribution in [3.8, 4) is 0 Å². The van der Waals surface area contributed by atoms with Crippen molar-refractivity contribution in [3.05, 3.63) is 89.5 Å². The highest BCUT2D eigenvalue weighted by atomic mass is 16.1. The molecule has 0 atom stereocenters. The van der Waals surface area contributed by atoms with Crippen LogP contribution in [0.2, 0.25) is 0 Å². The predicted molar refractivity (Wildman–Crippen MR) is 100 cm³/mol. The van der Waals surface area contributed by atoms with E-state index >= 15 is 0 Å². The molecular formula is C21H20N2O. The second-order valence-electron chi connectivity index (χ2n) is 5.84. The maximum atomic E-state index is 12.4. The van der Waals surface area contributed by atoms with Gasteiger partial charge in [0, 0.05) is 22.6 Å². The molecule has 0 radical (unpaired) electrons. The van der Waals surface area contributed by atoms with E-state index in [1.54, 1.807) is 0 Å². The van der Waals surface area contributed by atoms with Gasteiger partial charge in [0.05, 0.1) is 0 Å². The quantitative estimate of drug-likeness (QED) is 0.686. The van der Waals surface area contributed by atoms with Crippen LogP contribution in [0.4, 0.5) is 17.1 Å². The topological polar surface area (TPSA) is 41.1 Å². The molecular weight excluding hydrogens is 296 g/mol. The molecule has 2 N–H and O–H groups in total. The molecule has 0 saturated carbocycles. The van der Waals surface area contributed by atoms with Crippen molar-refractivity contribution in [1.29, 1.82) is 0 Å². The largest absolute Gasteiger partial charge is 0.356 e. The van der Waals surface area contributed by atoms with Gasteiger partial charge in [0.25, 0.3) is 5.91 Å². The van der Waals surface area contributed by atoms with E-state index in [1.807, 2.05) is 86.6 Å². The summed E-state index contributed by atoms with van der Waals surface area (Å²) >= 11 is 0. The lowest BCUT2D eigenvalue weighted by molar-refractivity contribution is 0.102. The van der Waals surface area contributed by atoms with Gasteiger partial charge in [0.15, 0.2) is 0 Å². The van der Waals surface area contributed by atoms with E-state index < -0.39 is 0 Å². The lowest BCUT2D eigenvalue weighted by Gasteiger charge is -2.10. The highest BCUT2D eigenvalue weighted by molar-refractivity contribution is 6.05. The van der Waals surface area contributed by atoms with Gasteiger partial charge in [-0.25, -0.2) is 0 Å². The van der Waals surface area contributed by atoms with Crippen LogP contribution < -0.4 is 10.6 Å². The Morgan fingerprint density at radius 2 is 1.38 bits per heavy atom. The molecule has 0 aliphatic carbocycles. The third-order valence-electron chi connectivity index (χ3n) is 3.84. The van der Waals surface area contributed by atoms with Gasteiger partial charge in [-0.1, -0.05) is 35.9 Å². The smallest absolute Gasteiger partial charge is 0.255 e. The fourth-order valence-corrected chi connectivity index (χ4v) is 2.50. The van der Waals surface area contributed by atoms with Crippen LogP contribution in [-0.2, 0) is 0 Å². The van der Waals surface area contributed by atoms with E-state index in [0.717, 1.165) is 28.2 Å². The second kappa shape index (κ2) is 7.01. The Kier molecular flexibility index (Phi) is 4.62. The summed E-state index contributed by atoms with van der Waals surface area (Å²) in [6.07, 6.45) is 0. The molecule has 3 aromatic rings. The van der Waals surface area contributed by atoms with Crippen molar-refractivity contribution in [2.75, 3.05) is 10.6 Å². The Balaban J connectivity index is 1.70. The van der Waals surface area contributed by atoms with E-state index in [-0.39, 0.29) is 5.91 Å². The first-order chi connectivity index (χ1) is 11.6. The first kappa shape index (κ1) is 15.8. The van der Waals surface area contributed by atoms with Gasteiger partial charge in [-0.2, -0.15) is 0 Å². The molecule has 24 heavy (non-hydrogen) atoms. The van der Waals surface area contributed by atoms with E-state index in [2.05, 4.69) is 10.6 Å². The van der Waals surface area contributed by atoms with E-state index in [4.69, 9.17) is 0 Å². The molecule has 0 aromatic heterocycles. The van der Waals surface area contributed by atoms with Gasteiger partial charge in [-0.05, 0) is 61.9 Å². The molecule has 3 heteroatoms. The minimum Gasteiger partial charge on any atom is -0.356 e. The number of para-hydroxylation sites is 1. The molecule has 0 unspecified atom stereocenters. The lowest BCUT2D eigenvalue weighted by atomic mass is 10.1. The monoisotopic (exact) mass is 316 g/mol. The molecule has 0 spiro atoms. The highest BCUT2D eigenvalue weighted by Crippen LogP contribution is 2.20. The van der Waals surface area contributed by atoms with E-state index in [0.29, 0.717) is 5.56 Å². The molecule has 0 fully saturated rings. The summed E-state index contributed by atoms with van der Waals surface area (Å²) in [5.74, 6) is -0.0834. The van der Waals surface area contributed by atoms with Crippen LogP contribution in [0.3, 0.4) is 0 Å². The SMILES string of the molecule is Cc1ccc(C)c(C(=O)Nc2ccc(Nc3ccccc3)cc2)c1. The van der Waals surface area contributed by atoms with Crippen molar-refractivity contribution in [2.45, 2.75) is 13.8 Å². The highest BCUT2D eigenvalue weighted by Gasteiger charge is 2.09. The minimum absolute atomic E-state index is 0.0834. The summed E-state index contributed by atoms with van der Waals surface area (Å²) in [5, 5.41) is 6.27. The molecule has 1 amide bonds. The van der Waals surface area contributed by atoms with E-state index in [9.17, 15) is 4.79 Å². The van der Waals surface area contributed by atoms with Crippen LogP contribution in [0, 0.1) is 13.8 Å². The van der Waals surface area contributed by atoms with Gasteiger partial charge >= 0.3 is 0 Å². The number of anilines is 3. The van der Waals surface area contributed by atoms with Crippen LogP contribution in [-0.4, -0.2) is 5.91 Å². The molecule has 0 heterocycles. The van der Waals surface area contributed by atoms with Crippen molar-refractivity contribution >= 4 is 23.0 Å². The Labute approximate surface area is 142 Å². The van der Waals surface area contributed by atoms with Gasteiger partial charge in [0.1, 0.15) is 0 Å². The van der Waals surface area contributed by atoms with Crippen LogP contribution in [0.25, 0.3) is 0 Å². The maximum Gasteiger partial charge on any atom is 0.255 e. The second-order valence-corrected chi connectivity index (χ2v) is 5.84. The summed E-state index contributed by atoms with van der Waals surface area (Å²) in [4.78, 5) is 12.4. The van der Waals surface area contributed by atoms with Gasteiger partial charge in [-0.15, -0.1) is 0 Å². The number of carbonyl (C=O) groups is 1. The Morgan fingerprint density at radius 3 is 2.08 bits per heavy atom. The van der Waals surface area contributed by atoms with Gasteiger partial charge in [-0.3, -0.25) is 4.79 Å². The molecule has 0 saturated heterocycles. The van der Waals surface area contributed by atoms with Gasteiger partial charge < -0.3 is 10.6 Å². The number of amides is 1. The van der Waals surface area contributed by atoms with Crippen LogP contribution in [0.15, 0.2) is 72.8 Å². The van der Waals surface area contributed by atoms with Crippen LogP contribution in [0.1, 0.15) is 21.5 Å². The molecule has 0 aliphatic rings. The van der Waals surface area contributed by atoms with Crippen LogP contribution >= 0.6 is 0 Å². The summed E-state index contributed by atoms with van der Waals surface area (Å²) < 4.78 is 0. The van der Waals surface area contributed by atoms with Crippen molar-refractivity contribution < 1.29 is 4.79 Å². The van der Waals surface area contributed by atoms with Crippen molar-refractivity contribution in [2.24, 2.45) is 0 Å². The molecule has 0 aliphatic heterocycles. The number of benzene rings is 3. The number of nitrogens with one attached hydrogen (secondary N) is 2. The Morgan fingerprint density at radius 1 is 0.750 bits per heavy atom. The summed E-state index contributed by atoms with van der Waals surface area (Å²) in [7, 11) is 0. The molecule has 120 valence electrons. The Bertz CT molecular complexity index is 839. The summed E-state index contributed by atoms with van der Waals surface area (Å²) in [6.45, 7) is 3.93. The van der Waals surface area contributed by atoms with E-state index in [1.165, 1.54) is 0 Å². The first-order valence-corrected chi connectivity index (χ1v) is 7.92. The first-order valence-electron chi connectivity index (χ1n) is 7.92. The Hall–Kier alpha value is -3.07. The van der Waals surface area contributed by atoms with Crippen molar-refractivity contribution in [1.82, 2.24) is 0 Å². The minimum atomic E-state index is -0.0834. The average molecular weight is 316 g/mol. The van der Waals surface area contributed by atoms with Gasteiger partial charge in [0.2, 0.25) is 0 Å². The van der Waals surface area contributed by atoms with Crippen molar-refractivity contribution in [3.63, 3.8) is 0 Å². The summed E-state index contributed by atoms with van der Waals surface area (Å²) in [6, 6.07) is 23.6. The third-order valence-corrected chi connectivity index (χ3v) is 3.84.